The van der Waals surface area contributed by atoms with Crippen LogP contribution in [0.4, 0.5) is 4.79 Å². The number of carbonyl (C=O) groups is 2. The van der Waals surface area contributed by atoms with Crippen molar-refractivity contribution in [3.63, 3.8) is 0 Å². The maximum atomic E-state index is 12.3. The molecule has 1 aliphatic heterocycles. The maximum Gasteiger partial charge on any atom is 0.410 e. The van der Waals surface area contributed by atoms with Crippen LogP contribution in [0.3, 0.4) is 0 Å². The molecule has 2 rings (SSSR count). The molecule has 22 heavy (non-hydrogen) atoms. The highest BCUT2D eigenvalue weighted by molar-refractivity contribution is 5.89. The molecular formula is C17H23NO4. The molecule has 0 bridgehead atoms. The van der Waals surface area contributed by atoms with Gasteiger partial charge in [-0.3, -0.25) is 9.69 Å². The largest absolute Gasteiger partial charge is 0.486 e. The van der Waals surface area contributed by atoms with Crippen molar-refractivity contribution in [2.75, 3.05) is 13.2 Å². The molecule has 1 atom stereocenters. The van der Waals surface area contributed by atoms with Gasteiger partial charge in [0.2, 0.25) is 0 Å². The van der Waals surface area contributed by atoms with Crippen molar-refractivity contribution in [2.24, 2.45) is 0 Å². The number of rotatable bonds is 4. The molecule has 1 saturated heterocycles. The third kappa shape index (κ3) is 4.48. The third-order valence-electron chi connectivity index (χ3n) is 3.38. The van der Waals surface area contributed by atoms with Gasteiger partial charge in [0.1, 0.15) is 18.0 Å². The lowest BCUT2D eigenvalue weighted by Crippen LogP contribution is -2.44. The molecule has 0 aromatic heterocycles. The second-order valence-corrected chi connectivity index (χ2v) is 6.40. The Morgan fingerprint density at radius 3 is 2.55 bits per heavy atom. The molecule has 0 unspecified atom stereocenters. The summed E-state index contributed by atoms with van der Waals surface area (Å²) in [5, 5.41) is 0. The lowest BCUT2D eigenvalue weighted by atomic mass is 10.1. The number of ketones is 1. The van der Waals surface area contributed by atoms with Gasteiger partial charge in [-0.15, -0.1) is 0 Å². The topological polar surface area (TPSA) is 55.8 Å². The smallest absolute Gasteiger partial charge is 0.410 e. The van der Waals surface area contributed by atoms with Gasteiger partial charge in [-0.25, -0.2) is 4.79 Å². The van der Waals surface area contributed by atoms with Crippen molar-refractivity contribution in [1.29, 1.82) is 0 Å². The summed E-state index contributed by atoms with van der Waals surface area (Å²) < 4.78 is 10.8. The lowest BCUT2D eigenvalue weighted by molar-refractivity contribution is -0.125. The molecular weight excluding hydrogens is 282 g/mol. The number of benzene rings is 1. The highest BCUT2D eigenvalue weighted by atomic mass is 16.6. The summed E-state index contributed by atoms with van der Waals surface area (Å²) in [5.41, 5.74) is -0.562. The standard InChI is InChI=1S/C17H23NO4/c1-17(2,3)22-16(20)18-11-7-10-14(18)15(19)12-21-13-8-5-4-6-9-13/h4-6,8-9,14H,7,10-12H2,1-3H3/t14-/m1/s1. The van der Waals surface area contributed by atoms with Crippen LogP contribution in [0.1, 0.15) is 33.6 Å². The number of amides is 1. The van der Waals surface area contributed by atoms with Crippen LogP contribution in [-0.2, 0) is 9.53 Å². The van der Waals surface area contributed by atoms with Crippen LogP contribution in [0.25, 0.3) is 0 Å². The molecule has 1 aromatic carbocycles. The second-order valence-electron chi connectivity index (χ2n) is 6.40. The van der Waals surface area contributed by atoms with E-state index >= 15 is 0 Å². The fourth-order valence-corrected chi connectivity index (χ4v) is 2.41. The van der Waals surface area contributed by atoms with Crippen molar-refractivity contribution < 1.29 is 19.1 Å². The van der Waals surface area contributed by atoms with E-state index in [1.807, 2.05) is 39.0 Å². The van der Waals surface area contributed by atoms with Crippen LogP contribution < -0.4 is 4.74 Å². The zero-order valence-corrected chi connectivity index (χ0v) is 13.4. The Morgan fingerprint density at radius 2 is 1.91 bits per heavy atom. The van der Waals surface area contributed by atoms with E-state index in [0.29, 0.717) is 18.7 Å². The first kappa shape index (κ1) is 16.3. The molecule has 1 heterocycles. The predicted molar refractivity (Wildman–Crippen MR) is 82.9 cm³/mol. The molecule has 0 aliphatic carbocycles. The Kier molecular flexibility index (Phi) is 5.06. The van der Waals surface area contributed by atoms with Gasteiger partial charge in [0.05, 0.1) is 6.04 Å². The van der Waals surface area contributed by atoms with Crippen molar-refractivity contribution in [2.45, 2.75) is 45.3 Å². The quantitative estimate of drug-likeness (QED) is 0.858. The van der Waals surface area contributed by atoms with Gasteiger partial charge in [0.25, 0.3) is 0 Å². The Hall–Kier alpha value is -2.04. The van der Waals surface area contributed by atoms with Crippen LogP contribution >= 0.6 is 0 Å². The fourth-order valence-electron chi connectivity index (χ4n) is 2.41. The molecule has 1 amide bonds. The Labute approximate surface area is 131 Å². The molecule has 0 radical (unpaired) electrons. The molecule has 1 aliphatic rings. The average Bonchev–Trinajstić information content (AvgIpc) is 2.93. The van der Waals surface area contributed by atoms with Gasteiger partial charge >= 0.3 is 6.09 Å². The van der Waals surface area contributed by atoms with Gasteiger partial charge in [-0.05, 0) is 45.7 Å². The maximum absolute atomic E-state index is 12.3. The average molecular weight is 305 g/mol. The van der Waals surface area contributed by atoms with Gasteiger partial charge in [-0.2, -0.15) is 0 Å². The Balaban J connectivity index is 1.92. The number of likely N-dealkylation sites (tertiary alicyclic amines) is 1. The van der Waals surface area contributed by atoms with Crippen LogP contribution in [0.15, 0.2) is 30.3 Å². The number of para-hydroxylation sites is 1. The highest BCUT2D eigenvalue weighted by Gasteiger charge is 2.36. The van der Waals surface area contributed by atoms with Gasteiger partial charge in [0.15, 0.2) is 5.78 Å². The number of ether oxygens (including phenoxy) is 2. The SMILES string of the molecule is CC(C)(C)OC(=O)N1CCC[C@@H]1C(=O)COc1ccccc1. The molecule has 5 heteroatoms. The first-order valence-corrected chi connectivity index (χ1v) is 7.57. The fraction of sp³-hybridized carbons (Fsp3) is 0.529. The van der Waals surface area contributed by atoms with Crippen molar-refractivity contribution in [3.8, 4) is 5.75 Å². The van der Waals surface area contributed by atoms with E-state index in [4.69, 9.17) is 9.47 Å². The van der Waals surface area contributed by atoms with Crippen LogP contribution in [0.2, 0.25) is 0 Å². The minimum atomic E-state index is -0.562. The molecule has 1 fully saturated rings. The van der Waals surface area contributed by atoms with Crippen molar-refractivity contribution in [3.05, 3.63) is 30.3 Å². The second kappa shape index (κ2) is 6.81. The summed E-state index contributed by atoms with van der Waals surface area (Å²) >= 11 is 0. The van der Waals surface area contributed by atoms with E-state index in [-0.39, 0.29) is 12.4 Å². The number of hydrogen-bond acceptors (Lipinski definition) is 4. The molecule has 0 N–H and O–H groups in total. The van der Waals surface area contributed by atoms with E-state index in [1.165, 1.54) is 4.90 Å². The van der Waals surface area contributed by atoms with E-state index in [1.54, 1.807) is 12.1 Å². The zero-order valence-electron chi connectivity index (χ0n) is 13.4. The van der Waals surface area contributed by atoms with E-state index in [0.717, 1.165) is 6.42 Å². The van der Waals surface area contributed by atoms with Gasteiger partial charge < -0.3 is 9.47 Å². The summed E-state index contributed by atoms with van der Waals surface area (Å²) in [7, 11) is 0. The van der Waals surface area contributed by atoms with Crippen LogP contribution in [0.5, 0.6) is 5.75 Å². The molecule has 5 nitrogen and oxygen atoms in total. The van der Waals surface area contributed by atoms with E-state index in [9.17, 15) is 9.59 Å². The number of hydrogen-bond donors (Lipinski definition) is 0. The first-order valence-electron chi connectivity index (χ1n) is 7.57. The minimum absolute atomic E-state index is 0.0338. The predicted octanol–water partition coefficient (Wildman–Crippen LogP) is 3.03. The summed E-state index contributed by atoms with van der Waals surface area (Å²) in [4.78, 5) is 26.0. The summed E-state index contributed by atoms with van der Waals surface area (Å²) in [6.07, 6.45) is 1.04. The van der Waals surface area contributed by atoms with Gasteiger partial charge in [-0.1, -0.05) is 18.2 Å². The summed E-state index contributed by atoms with van der Waals surface area (Å²) in [5.74, 6) is 0.560. The summed E-state index contributed by atoms with van der Waals surface area (Å²) in [6.45, 7) is 5.97. The Bertz CT molecular complexity index is 521. The number of nitrogens with zero attached hydrogens (tertiary/aromatic N) is 1. The zero-order chi connectivity index (χ0) is 16.2. The summed E-state index contributed by atoms with van der Waals surface area (Å²) in [6, 6.07) is 8.74. The van der Waals surface area contributed by atoms with Crippen molar-refractivity contribution >= 4 is 11.9 Å². The van der Waals surface area contributed by atoms with E-state index in [2.05, 4.69) is 0 Å². The Morgan fingerprint density at radius 1 is 1.23 bits per heavy atom. The van der Waals surface area contributed by atoms with E-state index < -0.39 is 17.7 Å². The first-order chi connectivity index (χ1) is 10.4. The minimum Gasteiger partial charge on any atom is -0.486 e. The highest BCUT2D eigenvalue weighted by Crippen LogP contribution is 2.22. The normalized spacial score (nSPS) is 18.1. The monoisotopic (exact) mass is 305 g/mol. The lowest BCUT2D eigenvalue weighted by Gasteiger charge is -2.27. The van der Waals surface area contributed by atoms with Crippen LogP contribution in [-0.4, -0.2) is 41.6 Å². The third-order valence-corrected chi connectivity index (χ3v) is 3.38. The molecule has 0 saturated carbocycles. The molecule has 1 aromatic rings. The molecule has 120 valence electrons. The van der Waals surface area contributed by atoms with Gasteiger partial charge in [0, 0.05) is 6.54 Å². The molecule has 0 spiro atoms. The van der Waals surface area contributed by atoms with Crippen LogP contribution in [0, 0.1) is 0 Å². The number of Topliss-reactive ketones (excluding diaryl/α,β-unsaturated/α-hetero) is 1. The van der Waals surface area contributed by atoms with Crippen molar-refractivity contribution in [1.82, 2.24) is 4.90 Å². The number of carbonyl (C=O) groups excluding carboxylic acids is 2.